The molecule has 0 bridgehead atoms. The Labute approximate surface area is 185 Å². The summed E-state index contributed by atoms with van der Waals surface area (Å²) in [7, 11) is 0. The lowest BCUT2D eigenvalue weighted by molar-refractivity contribution is 0.0462. The van der Waals surface area contributed by atoms with E-state index in [1.165, 1.54) is 0 Å². The molecule has 0 aliphatic heterocycles. The van der Waals surface area contributed by atoms with E-state index >= 15 is 0 Å². The molecule has 0 aliphatic carbocycles. The largest absolute Gasteiger partial charge is 0.462 e. The van der Waals surface area contributed by atoms with E-state index in [0.29, 0.717) is 22.9 Å². The van der Waals surface area contributed by atoms with Gasteiger partial charge in [0.05, 0.1) is 24.3 Å². The predicted octanol–water partition coefficient (Wildman–Crippen LogP) is 5.79. The van der Waals surface area contributed by atoms with Crippen LogP contribution in [0.4, 0.5) is 0 Å². The normalized spacial score (nSPS) is 10.5. The first-order valence-corrected chi connectivity index (χ1v) is 10.2. The third kappa shape index (κ3) is 5.85. The summed E-state index contributed by atoms with van der Waals surface area (Å²) in [4.78, 5) is 25.0. The van der Waals surface area contributed by atoms with Crippen molar-refractivity contribution in [2.75, 3.05) is 13.2 Å². The second-order valence-electron chi connectivity index (χ2n) is 6.50. The molecule has 0 aromatic heterocycles. The molecule has 3 rings (SSSR count). The Balaban J connectivity index is 1.57. The molecule has 4 nitrogen and oxygen atoms in total. The molecule has 30 heavy (non-hydrogen) atoms. The van der Waals surface area contributed by atoms with Crippen LogP contribution in [0, 0.1) is 0 Å². The molecule has 0 fully saturated rings. The maximum atomic E-state index is 12.5. The van der Waals surface area contributed by atoms with E-state index in [1.807, 2.05) is 36.4 Å². The van der Waals surface area contributed by atoms with Gasteiger partial charge in [-0.2, -0.15) is 0 Å². The summed E-state index contributed by atoms with van der Waals surface area (Å²) in [5.41, 5.74) is 2.11. The van der Waals surface area contributed by atoms with Crippen LogP contribution in [0.3, 0.4) is 0 Å². The van der Waals surface area contributed by atoms with Crippen LogP contribution in [0.15, 0.2) is 72.8 Å². The molecule has 154 valence electrons. The number of hydrogen-bond acceptors (Lipinski definition) is 4. The Hall–Kier alpha value is -2.82. The van der Waals surface area contributed by atoms with Crippen molar-refractivity contribution in [1.82, 2.24) is 0 Å². The molecule has 3 aromatic carbocycles. The zero-order chi connectivity index (χ0) is 21.3. The highest BCUT2D eigenvalue weighted by molar-refractivity contribution is 6.31. The Bertz CT molecular complexity index is 950. The molecule has 0 atom stereocenters. The van der Waals surface area contributed by atoms with Gasteiger partial charge >= 0.3 is 11.9 Å². The van der Waals surface area contributed by atoms with Crippen molar-refractivity contribution >= 4 is 35.1 Å². The van der Waals surface area contributed by atoms with Crippen LogP contribution < -0.4 is 0 Å². The lowest BCUT2D eigenvalue weighted by atomic mass is 10.1. The molecule has 0 heterocycles. The lowest BCUT2D eigenvalue weighted by Crippen LogP contribution is -2.16. The highest BCUT2D eigenvalue weighted by atomic mass is 35.5. The van der Waals surface area contributed by atoms with Gasteiger partial charge in [-0.1, -0.05) is 71.7 Å². The zero-order valence-corrected chi connectivity index (χ0v) is 17.7. The second kappa shape index (κ2) is 10.8. The van der Waals surface area contributed by atoms with Gasteiger partial charge < -0.3 is 9.47 Å². The number of benzene rings is 3. The first-order valence-electron chi connectivity index (χ1n) is 9.46. The minimum Gasteiger partial charge on any atom is -0.462 e. The molecule has 0 N–H and O–H groups in total. The first kappa shape index (κ1) is 21.9. The minimum absolute atomic E-state index is 0.151. The van der Waals surface area contributed by atoms with E-state index in [2.05, 4.69) is 0 Å². The number of ether oxygens (including phenoxy) is 2. The van der Waals surface area contributed by atoms with E-state index in [-0.39, 0.29) is 24.3 Å². The van der Waals surface area contributed by atoms with E-state index in [1.54, 1.807) is 36.4 Å². The van der Waals surface area contributed by atoms with Crippen molar-refractivity contribution in [3.8, 4) is 0 Å². The van der Waals surface area contributed by atoms with Gasteiger partial charge in [0.1, 0.15) is 0 Å². The molecule has 0 spiro atoms. The van der Waals surface area contributed by atoms with E-state index < -0.39 is 11.9 Å². The van der Waals surface area contributed by atoms with Crippen LogP contribution in [0.1, 0.15) is 31.8 Å². The van der Waals surface area contributed by atoms with Crippen molar-refractivity contribution in [2.24, 2.45) is 0 Å². The summed E-state index contributed by atoms with van der Waals surface area (Å²) in [6, 6.07) is 21.2. The molecule has 0 aliphatic rings. The third-order valence-electron chi connectivity index (χ3n) is 4.49. The molecule has 3 aromatic rings. The molecule has 0 saturated carbocycles. The van der Waals surface area contributed by atoms with E-state index in [9.17, 15) is 9.59 Å². The average molecular weight is 443 g/mol. The van der Waals surface area contributed by atoms with Gasteiger partial charge in [0.15, 0.2) is 0 Å². The highest BCUT2D eigenvalue weighted by Gasteiger charge is 2.19. The van der Waals surface area contributed by atoms with Gasteiger partial charge in [-0.05, 0) is 35.4 Å². The number of halogens is 2. The van der Waals surface area contributed by atoms with Crippen molar-refractivity contribution < 1.29 is 19.1 Å². The van der Waals surface area contributed by atoms with Crippen molar-refractivity contribution in [3.05, 3.63) is 105 Å². The van der Waals surface area contributed by atoms with Crippen LogP contribution >= 0.6 is 23.2 Å². The monoisotopic (exact) mass is 442 g/mol. The first-order chi connectivity index (χ1) is 14.6. The standard InChI is InChI=1S/C24H20Cl2O4/c25-21-11-5-1-7-17(21)13-15-29-23(27)19-9-3-4-10-20(19)24(28)30-16-14-18-8-2-6-12-22(18)26/h1-12H,13-16H2. The van der Waals surface area contributed by atoms with Gasteiger partial charge in [0, 0.05) is 22.9 Å². The fraction of sp³-hybridized carbons (Fsp3) is 0.167. The Kier molecular flexibility index (Phi) is 7.89. The van der Waals surface area contributed by atoms with Crippen molar-refractivity contribution in [1.29, 1.82) is 0 Å². The molecular weight excluding hydrogens is 423 g/mol. The average Bonchev–Trinajstić information content (AvgIpc) is 2.76. The summed E-state index contributed by atoms with van der Waals surface area (Å²) in [5, 5.41) is 1.24. The fourth-order valence-corrected chi connectivity index (χ4v) is 3.36. The van der Waals surface area contributed by atoms with Crippen molar-refractivity contribution in [3.63, 3.8) is 0 Å². The molecule has 0 radical (unpaired) electrons. The maximum absolute atomic E-state index is 12.5. The Morgan fingerprint density at radius 1 is 0.600 bits per heavy atom. The van der Waals surface area contributed by atoms with Crippen LogP contribution in [-0.2, 0) is 22.3 Å². The third-order valence-corrected chi connectivity index (χ3v) is 5.23. The second-order valence-corrected chi connectivity index (χ2v) is 7.31. The van der Waals surface area contributed by atoms with Crippen LogP contribution in [0.2, 0.25) is 10.0 Å². The lowest BCUT2D eigenvalue weighted by Gasteiger charge is -2.10. The summed E-state index contributed by atoms with van der Waals surface area (Å²) in [6.07, 6.45) is 0.964. The van der Waals surface area contributed by atoms with Crippen LogP contribution in [0.5, 0.6) is 0 Å². The predicted molar refractivity (Wildman–Crippen MR) is 117 cm³/mol. The maximum Gasteiger partial charge on any atom is 0.339 e. The topological polar surface area (TPSA) is 52.6 Å². The Morgan fingerprint density at radius 3 is 1.37 bits per heavy atom. The van der Waals surface area contributed by atoms with Gasteiger partial charge in [-0.25, -0.2) is 9.59 Å². The number of rotatable bonds is 8. The smallest absolute Gasteiger partial charge is 0.339 e. The number of esters is 2. The van der Waals surface area contributed by atoms with Gasteiger partial charge in [0.2, 0.25) is 0 Å². The van der Waals surface area contributed by atoms with Crippen LogP contribution in [-0.4, -0.2) is 25.2 Å². The van der Waals surface area contributed by atoms with Gasteiger partial charge in [-0.15, -0.1) is 0 Å². The molecule has 6 heteroatoms. The molecule has 0 saturated heterocycles. The number of carbonyl (C=O) groups excluding carboxylic acids is 2. The van der Waals surface area contributed by atoms with Gasteiger partial charge in [0.25, 0.3) is 0 Å². The molecule has 0 amide bonds. The number of carbonyl (C=O) groups is 2. The van der Waals surface area contributed by atoms with Crippen molar-refractivity contribution in [2.45, 2.75) is 12.8 Å². The summed E-state index contributed by atoms with van der Waals surface area (Å²) in [6.45, 7) is 0.302. The summed E-state index contributed by atoms with van der Waals surface area (Å²) in [5.74, 6) is -1.17. The molecular formula is C24H20Cl2O4. The Morgan fingerprint density at radius 2 is 0.967 bits per heavy atom. The van der Waals surface area contributed by atoms with Crippen LogP contribution in [0.25, 0.3) is 0 Å². The quantitative estimate of drug-likeness (QED) is 0.414. The van der Waals surface area contributed by atoms with E-state index in [0.717, 1.165) is 11.1 Å². The number of hydrogen-bond donors (Lipinski definition) is 0. The van der Waals surface area contributed by atoms with Gasteiger partial charge in [-0.3, -0.25) is 0 Å². The summed E-state index contributed by atoms with van der Waals surface area (Å²) >= 11 is 12.2. The highest BCUT2D eigenvalue weighted by Crippen LogP contribution is 2.18. The minimum atomic E-state index is -0.583. The molecule has 0 unspecified atom stereocenters. The van der Waals surface area contributed by atoms with E-state index in [4.69, 9.17) is 32.7 Å². The summed E-state index contributed by atoms with van der Waals surface area (Å²) < 4.78 is 10.7. The zero-order valence-electron chi connectivity index (χ0n) is 16.1. The SMILES string of the molecule is O=C(OCCc1ccccc1Cl)c1ccccc1C(=O)OCCc1ccccc1Cl. The fourth-order valence-electron chi connectivity index (χ4n) is 2.90.